The molecule has 1 amide bonds. The minimum atomic E-state index is -0.165. The Morgan fingerprint density at radius 2 is 2.11 bits per heavy atom. The maximum atomic E-state index is 11.9. The predicted octanol–water partition coefficient (Wildman–Crippen LogP) is 1.17. The lowest BCUT2D eigenvalue weighted by Crippen LogP contribution is -2.15. The third kappa shape index (κ3) is 2.75. The number of nitrogens with two attached hydrogens (primary N) is 1. The zero-order valence-electron chi connectivity index (χ0n) is 10.3. The summed E-state index contributed by atoms with van der Waals surface area (Å²) in [6.07, 6.45) is 3.98. The highest BCUT2D eigenvalue weighted by Crippen LogP contribution is 2.11. The molecule has 0 spiro atoms. The topological polar surface area (TPSA) is 72.9 Å². The first-order chi connectivity index (χ1) is 8.70. The predicted molar refractivity (Wildman–Crippen MR) is 70.4 cm³/mol. The van der Waals surface area contributed by atoms with Crippen molar-refractivity contribution in [2.45, 2.75) is 6.42 Å². The SMILES string of the molecule is Cn1cncc1C(=O)Nc1ccc(CCN)cc1. The molecule has 1 aromatic heterocycles. The van der Waals surface area contributed by atoms with Gasteiger partial charge in [-0.1, -0.05) is 12.1 Å². The standard InChI is InChI=1S/C13H16N4O/c1-17-9-15-8-12(17)13(18)16-11-4-2-10(3-5-11)6-7-14/h2-5,8-9H,6-7,14H2,1H3,(H,16,18). The number of benzene rings is 1. The van der Waals surface area contributed by atoms with Gasteiger partial charge in [-0.2, -0.15) is 0 Å². The molecule has 0 radical (unpaired) electrons. The van der Waals surface area contributed by atoms with Gasteiger partial charge in [-0.3, -0.25) is 4.79 Å². The molecule has 2 aromatic rings. The molecule has 0 fully saturated rings. The highest BCUT2D eigenvalue weighted by Gasteiger charge is 2.09. The van der Waals surface area contributed by atoms with Gasteiger partial charge in [0.15, 0.2) is 0 Å². The molecular weight excluding hydrogens is 228 g/mol. The fraction of sp³-hybridized carbons (Fsp3) is 0.231. The van der Waals surface area contributed by atoms with Crippen LogP contribution in [0.25, 0.3) is 0 Å². The van der Waals surface area contributed by atoms with Crippen LogP contribution < -0.4 is 11.1 Å². The number of rotatable bonds is 4. The van der Waals surface area contributed by atoms with Gasteiger partial charge in [-0.05, 0) is 30.7 Å². The third-order valence-electron chi connectivity index (χ3n) is 2.69. The Morgan fingerprint density at radius 3 is 2.67 bits per heavy atom. The van der Waals surface area contributed by atoms with Crippen LogP contribution in [0.15, 0.2) is 36.8 Å². The molecule has 0 atom stereocenters. The summed E-state index contributed by atoms with van der Waals surface area (Å²) >= 11 is 0. The molecule has 0 unspecified atom stereocenters. The van der Waals surface area contributed by atoms with E-state index in [4.69, 9.17) is 5.73 Å². The molecule has 0 aliphatic carbocycles. The van der Waals surface area contributed by atoms with Crippen LogP contribution in [0.2, 0.25) is 0 Å². The molecule has 0 aliphatic rings. The van der Waals surface area contributed by atoms with Crippen molar-refractivity contribution in [3.05, 3.63) is 48.0 Å². The number of nitrogens with zero attached hydrogens (tertiary/aromatic N) is 2. The van der Waals surface area contributed by atoms with Crippen LogP contribution in [0, 0.1) is 0 Å². The first-order valence-electron chi connectivity index (χ1n) is 5.77. The number of aromatic nitrogens is 2. The molecule has 0 aliphatic heterocycles. The Hall–Kier alpha value is -2.14. The molecule has 5 heteroatoms. The maximum Gasteiger partial charge on any atom is 0.273 e. The second-order valence-electron chi connectivity index (χ2n) is 4.08. The number of carbonyl (C=O) groups is 1. The Morgan fingerprint density at radius 1 is 1.39 bits per heavy atom. The zero-order valence-corrected chi connectivity index (χ0v) is 10.3. The smallest absolute Gasteiger partial charge is 0.273 e. The van der Waals surface area contributed by atoms with Crippen molar-refractivity contribution >= 4 is 11.6 Å². The number of nitrogens with one attached hydrogen (secondary N) is 1. The quantitative estimate of drug-likeness (QED) is 0.848. The average Bonchev–Trinajstić information content (AvgIpc) is 2.78. The van der Waals surface area contributed by atoms with Crippen molar-refractivity contribution in [3.8, 4) is 0 Å². The fourth-order valence-corrected chi connectivity index (χ4v) is 1.69. The van der Waals surface area contributed by atoms with E-state index in [1.165, 1.54) is 6.20 Å². The molecule has 0 bridgehead atoms. The van der Waals surface area contributed by atoms with Gasteiger partial charge in [0.25, 0.3) is 5.91 Å². The van der Waals surface area contributed by atoms with Crippen LogP contribution in [0.4, 0.5) is 5.69 Å². The number of carbonyl (C=O) groups excluding carboxylic acids is 1. The Kier molecular flexibility index (Phi) is 3.74. The lowest BCUT2D eigenvalue weighted by Gasteiger charge is -2.06. The van der Waals surface area contributed by atoms with Gasteiger partial charge in [0.2, 0.25) is 0 Å². The van der Waals surface area contributed by atoms with Crippen molar-refractivity contribution in [1.82, 2.24) is 9.55 Å². The Balaban J connectivity index is 2.05. The van der Waals surface area contributed by atoms with Gasteiger partial charge in [0.05, 0.1) is 12.5 Å². The van der Waals surface area contributed by atoms with Crippen molar-refractivity contribution in [2.24, 2.45) is 12.8 Å². The van der Waals surface area contributed by atoms with E-state index in [-0.39, 0.29) is 5.91 Å². The van der Waals surface area contributed by atoms with E-state index in [2.05, 4.69) is 10.3 Å². The number of aryl methyl sites for hydroxylation is 1. The summed E-state index contributed by atoms with van der Waals surface area (Å²) < 4.78 is 1.68. The number of anilines is 1. The highest BCUT2D eigenvalue weighted by molar-refractivity contribution is 6.02. The summed E-state index contributed by atoms with van der Waals surface area (Å²) in [6, 6.07) is 7.68. The highest BCUT2D eigenvalue weighted by atomic mass is 16.1. The summed E-state index contributed by atoms with van der Waals surface area (Å²) in [7, 11) is 1.78. The minimum Gasteiger partial charge on any atom is -0.330 e. The second-order valence-corrected chi connectivity index (χ2v) is 4.08. The molecular formula is C13H16N4O. The van der Waals surface area contributed by atoms with Gasteiger partial charge >= 0.3 is 0 Å². The van der Waals surface area contributed by atoms with E-state index < -0.39 is 0 Å². The van der Waals surface area contributed by atoms with E-state index >= 15 is 0 Å². The minimum absolute atomic E-state index is 0.165. The number of hydrogen-bond acceptors (Lipinski definition) is 3. The van der Waals surface area contributed by atoms with Crippen molar-refractivity contribution in [1.29, 1.82) is 0 Å². The van der Waals surface area contributed by atoms with Crippen LogP contribution in [-0.2, 0) is 13.5 Å². The number of hydrogen-bond donors (Lipinski definition) is 2. The Bertz CT molecular complexity index is 530. The zero-order chi connectivity index (χ0) is 13.0. The molecule has 2 rings (SSSR count). The lowest BCUT2D eigenvalue weighted by atomic mass is 10.1. The van der Waals surface area contributed by atoms with Gasteiger partial charge in [-0.25, -0.2) is 4.98 Å². The van der Waals surface area contributed by atoms with Crippen molar-refractivity contribution in [2.75, 3.05) is 11.9 Å². The molecule has 1 aromatic carbocycles. The van der Waals surface area contributed by atoms with E-state index in [0.717, 1.165) is 17.7 Å². The van der Waals surface area contributed by atoms with Gasteiger partial charge in [0, 0.05) is 12.7 Å². The Labute approximate surface area is 106 Å². The van der Waals surface area contributed by atoms with Gasteiger partial charge in [0.1, 0.15) is 5.69 Å². The van der Waals surface area contributed by atoms with E-state index in [1.54, 1.807) is 17.9 Å². The van der Waals surface area contributed by atoms with Crippen LogP contribution >= 0.6 is 0 Å². The molecule has 3 N–H and O–H groups in total. The van der Waals surface area contributed by atoms with E-state index in [9.17, 15) is 4.79 Å². The van der Waals surface area contributed by atoms with Crippen molar-refractivity contribution < 1.29 is 4.79 Å². The number of amides is 1. The van der Waals surface area contributed by atoms with Gasteiger partial charge in [-0.15, -0.1) is 0 Å². The lowest BCUT2D eigenvalue weighted by molar-refractivity contribution is 0.101. The third-order valence-corrected chi connectivity index (χ3v) is 2.69. The molecule has 0 saturated heterocycles. The van der Waals surface area contributed by atoms with Crippen molar-refractivity contribution in [3.63, 3.8) is 0 Å². The first kappa shape index (κ1) is 12.3. The number of imidazole rings is 1. The summed E-state index contributed by atoms with van der Waals surface area (Å²) in [6.45, 7) is 0.626. The van der Waals surface area contributed by atoms with E-state index in [1.807, 2.05) is 24.3 Å². The first-order valence-corrected chi connectivity index (χ1v) is 5.77. The second kappa shape index (κ2) is 5.46. The fourth-order valence-electron chi connectivity index (χ4n) is 1.69. The molecule has 5 nitrogen and oxygen atoms in total. The molecule has 18 heavy (non-hydrogen) atoms. The summed E-state index contributed by atoms with van der Waals surface area (Å²) in [5.41, 5.74) is 7.94. The van der Waals surface area contributed by atoms with Crippen LogP contribution in [0.3, 0.4) is 0 Å². The van der Waals surface area contributed by atoms with Crippen LogP contribution in [0.5, 0.6) is 0 Å². The largest absolute Gasteiger partial charge is 0.330 e. The summed E-state index contributed by atoms with van der Waals surface area (Å²) in [4.78, 5) is 15.8. The summed E-state index contributed by atoms with van der Waals surface area (Å²) in [5, 5.41) is 2.82. The molecule has 0 saturated carbocycles. The van der Waals surface area contributed by atoms with Crippen LogP contribution in [0.1, 0.15) is 16.1 Å². The van der Waals surface area contributed by atoms with E-state index in [0.29, 0.717) is 12.2 Å². The molecule has 1 heterocycles. The monoisotopic (exact) mass is 244 g/mol. The average molecular weight is 244 g/mol. The van der Waals surface area contributed by atoms with Crippen LogP contribution in [-0.4, -0.2) is 22.0 Å². The normalized spacial score (nSPS) is 10.3. The summed E-state index contributed by atoms with van der Waals surface area (Å²) in [5.74, 6) is -0.165. The van der Waals surface area contributed by atoms with Gasteiger partial charge < -0.3 is 15.6 Å². The molecule has 94 valence electrons. The maximum absolute atomic E-state index is 11.9.